The van der Waals surface area contributed by atoms with Gasteiger partial charge in [0.15, 0.2) is 17.0 Å². The highest BCUT2D eigenvalue weighted by Crippen LogP contribution is 2.33. The van der Waals surface area contributed by atoms with E-state index in [1.807, 2.05) is 73.7 Å². The van der Waals surface area contributed by atoms with Crippen LogP contribution in [0, 0.1) is 0 Å². The van der Waals surface area contributed by atoms with Gasteiger partial charge >= 0.3 is 0 Å². The van der Waals surface area contributed by atoms with E-state index < -0.39 is 5.56 Å². The Labute approximate surface area is 229 Å². The monoisotopic (exact) mass is 537 g/mol. The molecule has 0 amide bonds. The molecule has 4 N–H and O–H groups in total. The second-order valence-electron chi connectivity index (χ2n) is 8.81. The number of benzene rings is 3. The molecule has 0 radical (unpaired) electrons. The summed E-state index contributed by atoms with van der Waals surface area (Å²) in [5.74, 6) is 1.67. The number of H-pyrrole nitrogens is 1. The van der Waals surface area contributed by atoms with Gasteiger partial charge in [0.25, 0.3) is 5.56 Å². The molecule has 0 aliphatic heterocycles. The Hall–Kier alpha value is -5.45. The first-order valence-electron chi connectivity index (χ1n) is 12.5. The van der Waals surface area contributed by atoms with Crippen LogP contribution in [0.2, 0.25) is 0 Å². The van der Waals surface area contributed by atoms with Crippen LogP contribution >= 0.6 is 0 Å². The Bertz CT molecular complexity index is 1770. The largest absolute Gasteiger partial charge is 0.497 e. The number of aromatic amines is 1. The van der Waals surface area contributed by atoms with Crippen molar-refractivity contribution in [3.63, 3.8) is 0 Å². The molecule has 40 heavy (non-hydrogen) atoms. The van der Waals surface area contributed by atoms with E-state index in [1.54, 1.807) is 17.9 Å². The molecule has 202 valence electrons. The lowest BCUT2D eigenvalue weighted by molar-refractivity contribution is 0.319. The van der Waals surface area contributed by atoms with E-state index in [4.69, 9.17) is 25.4 Å². The zero-order chi connectivity index (χ0) is 28.1. The number of oxime groups is 1. The predicted molar refractivity (Wildman–Crippen MR) is 153 cm³/mol. The number of aromatic nitrogens is 5. The Morgan fingerprint density at radius 1 is 1.12 bits per heavy atom. The number of nitrogens with one attached hydrogen (secondary N) is 1. The maximum Gasteiger partial charge on any atom is 0.281 e. The minimum Gasteiger partial charge on any atom is -0.497 e. The lowest BCUT2D eigenvalue weighted by Gasteiger charge is -2.13. The normalized spacial score (nSPS) is 11.8. The first-order valence-corrected chi connectivity index (χ1v) is 12.5. The van der Waals surface area contributed by atoms with Crippen molar-refractivity contribution in [1.82, 2.24) is 25.0 Å². The molecule has 2 heterocycles. The minimum absolute atomic E-state index is 0.00684. The number of ether oxygens (including phenoxy) is 2. The van der Waals surface area contributed by atoms with Crippen LogP contribution in [0.4, 0.5) is 0 Å². The van der Waals surface area contributed by atoms with Gasteiger partial charge in [-0.15, -0.1) is 5.10 Å². The van der Waals surface area contributed by atoms with Crippen LogP contribution in [0.1, 0.15) is 18.1 Å². The van der Waals surface area contributed by atoms with Crippen molar-refractivity contribution in [3.8, 4) is 34.0 Å². The van der Waals surface area contributed by atoms with E-state index in [2.05, 4.69) is 20.5 Å². The predicted octanol–water partition coefficient (Wildman–Crippen LogP) is 4.06. The standard InChI is InChI=1S/C29H27N7O4/c1-3-40-24-16-21(20-6-4-5-18(15-20)9-14-25(30)34-38)10-13-23(24)27-31-28-26(29(37)32-27)33-35-36(28)17-19-7-11-22(39-2)12-8-19/h4-16,38H,3,17H2,1-2H3,(H2,30,34)(H,31,32,37)/b14-9+. The maximum atomic E-state index is 12.9. The third kappa shape index (κ3) is 5.53. The van der Waals surface area contributed by atoms with Gasteiger partial charge in [-0.25, -0.2) is 9.67 Å². The van der Waals surface area contributed by atoms with Gasteiger partial charge in [0.1, 0.15) is 17.3 Å². The summed E-state index contributed by atoms with van der Waals surface area (Å²) in [6, 6.07) is 21.0. The van der Waals surface area contributed by atoms with Gasteiger partial charge in [0, 0.05) is 0 Å². The topological polar surface area (TPSA) is 154 Å². The SMILES string of the molecule is CCOc1cc(-c2cccc(/C=C/C(N)=N\O)c2)ccc1-c1nc2c(nnn2Cc2ccc(OC)cc2)c(=O)[nH]1. The van der Waals surface area contributed by atoms with Crippen molar-refractivity contribution in [3.05, 3.63) is 94.3 Å². The van der Waals surface area contributed by atoms with Crippen LogP contribution in [0.15, 0.2) is 82.8 Å². The highest BCUT2D eigenvalue weighted by Gasteiger charge is 2.17. The van der Waals surface area contributed by atoms with Crippen molar-refractivity contribution < 1.29 is 14.7 Å². The summed E-state index contributed by atoms with van der Waals surface area (Å²) in [4.78, 5) is 20.5. The molecular weight excluding hydrogens is 510 g/mol. The number of nitrogens with zero attached hydrogens (tertiary/aromatic N) is 5. The molecule has 0 bridgehead atoms. The molecular formula is C29H27N7O4. The lowest BCUT2D eigenvalue weighted by Crippen LogP contribution is -2.12. The third-order valence-corrected chi connectivity index (χ3v) is 6.18. The molecule has 0 saturated carbocycles. The Balaban J connectivity index is 1.52. The summed E-state index contributed by atoms with van der Waals surface area (Å²) in [5, 5.41) is 19.9. The van der Waals surface area contributed by atoms with Crippen LogP contribution in [0.3, 0.4) is 0 Å². The molecule has 0 unspecified atom stereocenters. The quantitative estimate of drug-likeness (QED) is 0.110. The van der Waals surface area contributed by atoms with Crippen LogP contribution in [0.5, 0.6) is 11.5 Å². The third-order valence-electron chi connectivity index (χ3n) is 6.18. The molecule has 0 atom stereocenters. The fourth-order valence-corrected chi connectivity index (χ4v) is 4.21. The van der Waals surface area contributed by atoms with Crippen LogP contribution < -0.4 is 20.8 Å². The number of rotatable bonds is 9. The average molecular weight is 538 g/mol. The Kier molecular flexibility index (Phi) is 7.54. The maximum absolute atomic E-state index is 12.9. The number of fused-ring (bicyclic) bond motifs is 1. The summed E-state index contributed by atoms with van der Waals surface area (Å²) >= 11 is 0. The van der Waals surface area contributed by atoms with E-state index in [1.165, 1.54) is 6.08 Å². The molecule has 5 rings (SSSR count). The summed E-state index contributed by atoms with van der Waals surface area (Å²) in [7, 11) is 1.61. The molecule has 11 nitrogen and oxygen atoms in total. The number of hydrogen-bond acceptors (Lipinski definition) is 8. The first-order chi connectivity index (χ1) is 19.5. The van der Waals surface area contributed by atoms with Gasteiger partial charge < -0.3 is 25.4 Å². The number of methoxy groups -OCH3 is 1. The molecule has 11 heteroatoms. The molecule has 3 aromatic carbocycles. The summed E-state index contributed by atoms with van der Waals surface area (Å²) < 4.78 is 12.8. The smallest absolute Gasteiger partial charge is 0.281 e. The molecule has 0 aliphatic carbocycles. The summed E-state index contributed by atoms with van der Waals surface area (Å²) in [5.41, 5.74) is 9.98. The van der Waals surface area contributed by atoms with Crippen molar-refractivity contribution >= 4 is 23.1 Å². The number of amidine groups is 1. The van der Waals surface area contributed by atoms with Crippen LogP contribution in [-0.4, -0.2) is 49.7 Å². The minimum atomic E-state index is -0.391. The lowest BCUT2D eigenvalue weighted by atomic mass is 10.0. The van der Waals surface area contributed by atoms with Crippen molar-refractivity contribution in [2.45, 2.75) is 13.5 Å². The van der Waals surface area contributed by atoms with E-state index in [0.717, 1.165) is 28.0 Å². The Morgan fingerprint density at radius 2 is 1.93 bits per heavy atom. The number of nitrogens with two attached hydrogens (primary N) is 1. The van der Waals surface area contributed by atoms with E-state index >= 15 is 0 Å². The zero-order valence-corrected chi connectivity index (χ0v) is 21.9. The van der Waals surface area contributed by atoms with Gasteiger partial charge in [-0.3, -0.25) is 4.79 Å². The van der Waals surface area contributed by atoms with E-state index in [0.29, 0.717) is 35.9 Å². The van der Waals surface area contributed by atoms with Crippen molar-refractivity contribution in [2.75, 3.05) is 13.7 Å². The fraction of sp³-hybridized carbons (Fsp3) is 0.138. The van der Waals surface area contributed by atoms with Gasteiger partial charge in [0.2, 0.25) is 0 Å². The van der Waals surface area contributed by atoms with Crippen LogP contribution in [-0.2, 0) is 6.54 Å². The van der Waals surface area contributed by atoms with Crippen LogP contribution in [0.25, 0.3) is 39.8 Å². The summed E-state index contributed by atoms with van der Waals surface area (Å²) in [6.07, 6.45) is 3.27. The second-order valence-corrected chi connectivity index (χ2v) is 8.81. The van der Waals surface area contributed by atoms with Gasteiger partial charge in [-0.1, -0.05) is 52.8 Å². The zero-order valence-electron chi connectivity index (χ0n) is 21.9. The molecule has 2 aromatic heterocycles. The van der Waals surface area contributed by atoms with Crippen molar-refractivity contribution in [2.24, 2.45) is 10.9 Å². The molecule has 0 aliphatic rings. The molecule has 0 spiro atoms. The Morgan fingerprint density at radius 3 is 2.67 bits per heavy atom. The van der Waals surface area contributed by atoms with Crippen molar-refractivity contribution in [1.29, 1.82) is 0 Å². The molecule has 0 fully saturated rings. The van der Waals surface area contributed by atoms with E-state index in [9.17, 15) is 4.79 Å². The van der Waals surface area contributed by atoms with Gasteiger partial charge in [-0.2, -0.15) is 0 Å². The molecule has 5 aromatic rings. The highest BCUT2D eigenvalue weighted by atomic mass is 16.5. The average Bonchev–Trinajstić information content (AvgIpc) is 3.39. The highest BCUT2D eigenvalue weighted by molar-refractivity contribution is 5.94. The second kappa shape index (κ2) is 11.5. The number of hydrogen-bond donors (Lipinski definition) is 3. The molecule has 0 saturated heterocycles. The van der Waals surface area contributed by atoms with E-state index in [-0.39, 0.29) is 11.4 Å². The first kappa shape index (κ1) is 26.2. The summed E-state index contributed by atoms with van der Waals surface area (Å²) in [6.45, 7) is 2.69. The van der Waals surface area contributed by atoms with Gasteiger partial charge in [0.05, 0.1) is 25.8 Å². The van der Waals surface area contributed by atoms with Gasteiger partial charge in [-0.05, 0) is 65.6 Å². The fourth-order valence-electron chi connectivity index (χ4n) is 4.21.